The van der Waals surface area contributed by atoms with Gasteiger partial charge in [-0.2, -0.15) is 0 Å². The van der Waals surface area contributed by atoms with E-state index in [0.717, 1.165) is 55.4 Å². The van der Waals surface area contributed by atoms with Crippen molar-refractivity contribution in [2.75, 3.05) is 33.3 Å². The van der Waals surface area contributed by atoms with E-state index in [1.165, 1.54) is 17.7 Å². The van der Waals surface area contributed by atoms with Crippen LogP contribution in [0.25, 0.3) is 16.9 Å². The van der Waals surface area contributed by atoms with Crippen LogP contribution in [0.15, 0.2) is 42.6 Å². The first-order valence-corrected chi connectivity index (χ1v) is 9.30. The summed E-state index contributed by atoms with van der Waals surface area (Å²) in [5.41, 5.74) is 5.63. The van der Waals surface area contributed by atoms with Crippen LogP contribution in [0, 0.1) is 6.92 Å². The Bertz CT molecular complexity index is 894. The van der Waals surface area contributed by atoms with E-state index < -0.39 is 0 Å². The lowest BCUT2D eigenvalue weighted by Crippen LogP contribution is -2.28. The van der Waals surface area contributed by atoms with Crippen LogP contribution in [0.3, 0.4) is 0 Å². The molecule has 5 heteroatoms. The summed E-state index contributed by atoms with van der Waals surface area (Å²) in [5, 5.41) is 3.48. The van der Waals surface area contributed by atoms with Crippen LogP contribution in [0.2, 0.25) is 0 Å². The topological polar surface area (TPSA) is 41.8 Å². The number of ether oxygens (including phenoxy) is 1. The number of aromatic nitrogens is 2. The van der Waals surface area contributed by atoms with E-state index in [4.69, 9.17) is 9.72 Å². The summed E-state index contributed by atoms with van der Waals surface area (Å²) in [5.74, 6) is 0.862. The summed E-state index contributed by atoms with van der Waals surface area (Å²) in [6.07, 6.45) is 3.33. The number of rotatable bonds is 4. The quantitative estimate of drug-likeness (QED) is 0.785. The molecule has 5 nitrogen and oxygen atoms in total. The van der Waals surface area contributed by atoms with Crippen LogP contribution < -0.4 is 10.1 Å². The molecule has 1 aliphatic rings. The molecule has 0 spiro atoms. The van der Waals surface area contributed by atoms with Crippen molar-refractivity contribution in [1.82, 2.24) is 19.6 Å². The molecule has 3 heterocycles. The first-order valence-electron chi connectivity index (χ1n) is 9.30. The van der Waals surface area contributed by atoms with E-state index in [9.17, 15) is 0 Å². The molecular formula is C21H26N4O. The molecule has 4 rings (SSSR count). The fourth-order valence-electron chi connectivity index (χ4n) is 3.62. The van der Waals surface area contributed by atoms with Gasteiger partial charge < -0.3 is 14.5 Å². The lowest BCUT2D eigenvalue weighted by molar-refractivity contribution is 0.281. The molecular weight excluding hydrogens is 324 g/mol. The molecule has 0 saturated carbocycles. The van der Waals surface area contributed by atoms with E-state index in [0.29, 0.717) is 0 Å². The lowest BCUT2D eigenvalue weighted by Gasteiger charge is -2.20. The lowest BCUT2D eigenvalue weighted by atomic mass is 10.1. The fourth-order valence-corrected chi connectivity index (χ4v) is 3.62. The molecule has 136 valence electrons. The minimum absolute atomic E-state index is 0.862. The monoisotopic (exact) mass is 350 g/mol. The van der Waals surface area contributed by atoms with Gasteiger partial charge in [-0.3, -0.25) is 4.90 Å². The zero-order valence-corrected chi connectivity index (χ0v) is 15.5. The van der Waals surface area contributed by atoms with Gasteiger partial charge in [0.15, 0.2) is 0 Å². The number of hydrogen-bond donors (Lipinski definition) is 1. The largest absolute Gasteiger partial charge is 0.497 e. The van der Waals surface area contributed by atoms with Gasteiger partial charge in [0.2, 0.25) is 0 Å². The maximum absolute atomic E-state index is 5.42. The molecule has 3 aromatic rings. The number of pyridine rings is 1. The second-order valence-electron chi connectivity index (χ2n) is 6.95. The summed E-state index contributed by atoms with van der Waals surface area (Å²) >= 11 is 0. The zero-order chi connectivity index (χ0) is 17.9. The Labute approximate surface area is 154 Å². The van der Waals surface area contributed by atoms with Gasteiger partial charge in [0.1, 0.15) is 11.4 Å². The van der Waals surface area contributed by atoms with Crippen LogP contribution in [0.1, 0.15) is 17.7 Å². The van der Waals surface area contributed by atoms with Crippen molar-refractivity contribution in [3.8, 4) is 17.0 Å². The summed E-state index contributed by atoms with van der Waals surface area (Å²) < 4.78 is 7.66. The third-order valence-electron chi connectivity index (χ3n) is 5.03. The van der Waals surface area contributed by atoms with Crippen LogP contribution in [0.4, 0.5) is 0 Å². The number of hydrogen-bond acceptors (Lipinski definition) is 4. The fraction of sp³-hybridized carbons (Fsp3) is 0.381. The van der Waals surface area contributed by atoms with Gasteiger partial charge in [-0.15, -0.1) is 0 Å². The van der Waals surface area contributed by atoms with Gasteiger partial charge in [-0.25, -0.2) is 4.98 Å². The summed E-state index contributed by atoms with van der Waals surface area (Å²) in [6.45, 7) is 7.34. The molecule has 0 radical (unpaired) electrons. The van der Waals surface area contributed by atoms with Gasteiger partial charge in [0.05, 0.1) is 18.5 Å². The van der Waals surface area contributed by atoms with Crippen LogP contribution in [-0.2, 0) is 6.54 Å². The van der Waals surface area contributed by atoms with Crippen molar-refractivity contribution in [2.24, 2.45) is 0 Å². The molecule has 0 bridgehead atoms. The Kier molecular flexibility index (Phi) is 4.91. The number of nitrogens with one attached hydrogen (secondary N) is 1. The average molecular weight is 350 g/mol. The molecule has 26 heavy (non-hydrogen) atoms. The van der Waals surface area contributed by atoms with E-state index in [1.54, 1.807) is 7.11 Å². The molecule has 1 fully saturated rings. The summed E-state index contributed by atoms with van der Waals surface area (Å²) in [6, 6.07) is 12.5. The highest BCUT2D eigenvalue weighted by atomic mass is 16.5. The van der Waals surface area contributed by atoms with E-state index in [-0.39, 0.29) is 0 Å². The molecule has 1 saturated heterocycles. The normalized spacial score (nSPS) is 15.9. The van der Waals surface area contributed by atoms with Crippen molar-refractivity contribution in [2.45, 2.75) is 19.9 Å². The molecule has 0 aliphatic carbocycles. The molecule has 0 unspecified atom stereocenters. The Morgan fingerprint density at radius 1 is 1.15 bits per heavy atom. The van der Waals surface area contributed by atoms with E-state index >= 15 is 0 Å². The SMILES string of the molecule is COc1cccc(-c2nc3cc(C)ccn3c2CN2CCCNCC2)c1. The van der Waals surface area contributed by atoms with Crippen LogP contribution in [0.5, 0.6) is 5.75 Å². The molecule has 0 amide bonds. The Hall–Kier alpha value is -2.37. The second-order valence-corrected chi connectivity index (χ2v) is 6.95. The maximum atomic E-state index is 5.42. The molecule has 1 aliphatic heterocycles. The van der Waals surface area contributed by atoms with Crippen molar-refractivity contribution < 1.29 is 4.74 Å². The van der Waals surface area contributed by atoms with Gasteiger partial charge in [-0.05, 0) is 56.3 Å². The van der Waals surface area contributed by atoms with Gasteiger partial charge in [0, 0.05) is 31.4 Å². The molecule has 2 aromatic heterocycles. The number of fused-ring (bicyclic) bond motifs is 1. The van der Waals surface area contributed by atoms with Crippen LogP contribution in [-0.4, -0.2) is 47.6 Å². The zero-order valence-electron chi connectivity index (χ0n) is 15.5. The Morgan fingerprint density at radius 2 is 2.08 bits per heavy atom. The maximum Gasteiger partial charge on any atom is 0.137 e. The first-order chi connectivity index (χ1) is 12.7. The number of nitrogens with zero attached hydrogens (tertiary/aromatic N) is 3. The third kappa shape index (κ3) is 3.45. The average Bonchev–Trinajstić information content (AvgIpc) is 2.82. The standard InChI is InChI=1S/C21H26N4O/c1-16-7-11-25-19(15-24-10-4-8-22-9-12-24)21(23-20(25)13-16)17-5-3-6-18(14-17)26-2/h3,5-7,11,13-14,22H,4,8-10,12,15H2,1-2H3. The summed E-state index contributed by atoms with van der Waals surface area (Å²) in [7, 11) is 1.71. The smallest absolute Gasteiger partial charge is 0.137 e. The summed E-state index contributed by atoms with van der Waals surface area (Å²) in [4.78, 5) is 7.49. The predicted octanol–water partition coefficient (Wildman–Crippen LogP) is 3.11. The minimum atomic E-state index is 0.862. The van der Waals surface area contributed by atoms with Gasteiger partial charge >= 0.3 is 0 Å². The van der Waals surface area contributed by atoms with Crippen molar-refractivity contribution in [3.05, 3.63) is 53.9 Å². The third-order valence-corrected chi connectivity index (χ3v) is 5.03. The van der Waals surface area contributed by atoms with Crippen LogP contribution >= 0.6 is 0 Å². The highest BCUT2D eigenvalue weighted by Crippen LogP contribution is 2.28. The van der Waals surface area contributed by atoms with Gasteiger partial charge in [-0.1, -0.05) is 12.1 Å². The second kappa shape index (κ2) is 7.48. The molecule has 0 atom stereocenters. The Morgan fingerprint density at radius 3 is 2.96 bits per heavy atom. The van der Waals surface area contributed by atoms with E-state index in [1.807, 2.05) is 12.1 Å². The number of aryl methyl sites for hydroxylation is 1. The number of benzene rings is 1. The van der Waals surface area contributed by atoms with Crippen molar-refractivity contribution >= 4 is 5.65 Å². The van der Waals surface area contributed by atoms with Gasteiger partial charge in [0.25, 0.3) is 0 Å². The van der Waals surface area contributed by atoms with Crippen molar-refractivity contribution in [3.63, 3.8) is 0 Å². The number of methoxy groups -OCH3 is 1. The number of imidazole rings is 1. The highest BCUT2D eigenvalue weighted by molar-refractivity contribution is 5.68. The minimum Gasteiger partial charge on any atom is -0.497 e. The van der Waals surface area contributed by atoms with Crippen molar-refractivity contribution in [1.29, 1.82) is 0 Å². The Balaban J connectivity index is 1.79. The first kappa shape index (κ1) is 17.1. The predicted molar refractivity (Wildman–Crippen MR) is 105 cm³/mol. The molecule has 1 aromatic carbocycles. The van der Waals surface area contributed by atoms with E-state index in [2.05, 4.69) is 52.0 Å². The molecule has 1 N–H and O–H groups in total. The highest BCUT2D eigenvalue weighted by Gasteiger charge is 2.18.